The average Bonchev–Trinajstić information content (AvgIpc) is 2.99. The maximum absolute atomic E-state index is 12.4. The van der Waals surface area contributed by atoms with Crippen LogP contribution in [0.5, 0.6) is 5.88 Å². The third kappa shape index (κ3) is 3.12. The fourth-order valence-corrected chi connectivity index (χ4v) is 2.53. The van der Waals surface area contributed by atoms with Gasteiger partial charge < -0.3 is 14.6 Å². The molecule has 0 bridgehead atoms. The largest absolute Gasteiger partial charge is 0.472 e. The van der Waals surface area contributed by atoms with Gasteiger partial charge in [0.25, 0.3) is 11.5 Å². The molecule has 0 saturated carbocycles. The van der Waals surface area contributed by atoms with Gasteiger partial charge in [0, 0.05) is 31.4 Å². The summed E-state index contributed by atoms with van der Waals surface area (Å²) in [6, 6.07) is 6.83. The van der Waals surface area contributed by atoms with Crippen LogP contribution >= 0.6 is 11.6 Å². The Labute approximate surface area is 131 Å². The first-order valence-corrected chi connectivity index (χ1v) is 7.26. The maximum Gasteiger partial charge on any atom is 0.266 e. The molecule has 1 fully saturated rings. The van der Waals surface area contributed by atoms with Gasteiger partial charge in [-0.05, 0) is 12.1 Å². The van der Waals surface area contributed by atoms with Crippen LogP contribution in [0.1, 0.15) is 16.8 Å². The van der Waals surface area contributed by atoms with Crippen LogP contribution in [0, 0.1) is 0 Å². The Kier molecular flexibility index (Phi) is 4.11. The molecule has 6 nitrogen and oxygen atoms in total. The predicted molar refractivity (Wildman–Crippen MR) is 81.2 cm³/mol. The quantitative estimate of drug-likeness (QED) is 0.934. The normalized spacial score (nSPS) is 17.5. The molecular weight excluding hydrogens is 306 g/mol. The molecule has 0 spiro atoms. The van der Waals surface area contributed by atoms with Crippen molar-refractivity contribution in [2.75, 3.05) is 13.1 Å². The standard InChI is InChI=1S/C15H14ClN3O3/c16-12-7-10(8-18-14(12)20)15(21)19-6-4-11(9-19)22-13-3-1-2-5-17-13/h1-3,5,7-8,11H,4,6,9H2,(H,18,20). The predicted octanol–water partition coefficient (Wildman–Crippen LogP) is 1.72. The number of carbonyl (C=O) groups excluding carboxylic acids is 1. The van der Waals surface area contributed by atoms with Crippen LogP contribution in [0.25, 0.3) is 0 Å². The number of H-pyrrole nitrogens is 1. The molecule has 1 unspecified atom stereocenters. The lowest BCUT2D eigenvalue weighted by molar-refractivity contribution is 0.0770. The minimum Gasteiger partial charge on any atom is -0.472 e. The highest BCUT2D eigenvalue weighted by Crippen LogP contribution is 2.18. The minimum atomic E-state index is -0.406. The van der Waals surface area contributed by atoms with Crippen molar-refractivity contribution in [1.29, 1.82) is 0 Å². The molecule has 1 N–H and O–H groups in total. The molecule has 0 radical (unpaired) electrons. The number of likely N-dealkylation sites (tertiary alicyclic amines) is 1. The summed E-state index contributed by atoms with van der Waals surface area (Å²) in [6.07, 6.45) is 3.69. The summed E-state index contributed by atoms with van der Waals surface area (Å²) in [7, 11) is 0. The Balaban J connectivity index is 1.65. The number of aromatic amines is 1. The Morgan fingerprint density at radius 1 is 1.45 bits per heavy atom. The first kappa shape index (κ1) is 14.6. The van der Waals surface area contributed by atoms with E-state index in [-0.39, 0.29) is 17.0 Å². The number of carbonyl (C=O) groups is 1. The van der Waals surface area contributed by atoms with E-state index < -0.39 is 5.56 Å². The molecule has 0 aliphatic carbocycles. The van der Waals surface area contributed by atoms with Crippen molar-refractivity contribution in [3.8, 4) is 5.88 Å². The summed E-state index contributed by atoms with van der Waals surface area (Å²) >= 11 is 5.75. The van der Waals surface area contributed by atoms with E-state index in [4.69, 9.17) is 16.3 Å². The van der Waals surface area contributed by atoms with Crippen LogP contribution in [0.2, 0.25) is 5.02 Å². The number of nitrogens with zero attached hydrogens (tertiary/aromatic N) is 2. The minimum absolute atomic E-state index is 0.00586. The number of nitrogens with one attached hydrogen (secondary N) is 1. The van der Waals surface area contributed by atoms with Crippen LogP contribution in [0.4, 0.5) is 0 Å². The summed E-state index contributed by atoms with van der Waals surface area (Å²) in [5, 5.41) is 0.00586. The van der Waals surface area contributed by atoms with E-state index in [9.17, 15) is 9.59 Å². The van der Waals surface area contributed by atoms with Gasteiger partial charge in [0.05, 0.1) is 12.1 Å². The zero-order valence-electron chi connectivity index (χ0n) is 11.7. The molecule has 1 amide bonds. The van der Waals surface area contributed by atoms with E-state index in [0.29, 0.717) is 24.5 Å². The van der Waals surface area contributed by atoms with Crippen LogP contribution in [0.15, 0.2) is 41.5 Å². The number of hydrogen-bond acceptors (Lipinski definition) is 4. The van der Waals surface area contributed by atoms with Gasteiger partial charge in [0.1, 0.15) is 11.1 Å². The molecule has 22 heavy (non-hydrogen) atoms. The first-order chi connectivity index (χ1) is 10.6. The molecule has 3 rings (SSSR count). The lowest BCUT2D eigenvalue weighted by Crippen LogP contribution is -2.31. The number of pyridine rings is 2. The van der Waals surface area contributed by atoms with Crippen molar-refractivity contribution in [3.05, 3.63) is 57.6 Å². The zero-order chi connectivity index (χ0) is 15.5. The fourth-order valence-electron chi connectivity index (χ4n) is 2.36. The second-order valence-corrected chi connectivity index (χ2v) is 5.42. The molecule has 1 saturated heterocycles. The number of amides is 1. The monoisotopic (exact) mass is 319 g/mol. The van der Waals surface area contributed by atoms with Crippen LogP contribution in [-0.2, 0) is 0 Å². The number of halogens is 1. The van der Waals surface area contributed by atoms with Crippen molar-refractivity contribution in [2.45, 2.75) is 12.5 Å². The van der Waals surface area contributed by atoms with Crippen molar-refractivity contribution in [1.82, 2.24) is 14.9 Å². The van der Waals surface area contributed by atoms with Crippen molar-refractivity contribution in [2.24, 2.45) is 0 Å². The van der Waals surface area contributed by atoms with Crippen LogP contribution in [0.3, 0.4) is 0 Å². The number of aromatic nitrogens is 2. The smallest absolute Gasteiger partial charge is 0.266 e. The number of ether oxygens (including phenoxy) is 1. The molecule has 114 valence electrons. The molecule has 7 heteroatoms. The molecule has 2 aromatic heterocycles. The molecular formula is C15H14ClN3O3. The lowest BCUT2D eigenvalue weighted by atomic mass is 10.2. The van der Waals surface area contributed by atoms with Gasteiger partial charge in [0.15, 0.2) is 0 Å². The third-order valence-electron chi connectivity index (χ3n) is 3.46. The topological polar surface area (TPSA) is 75.3 Å². The van der Waals surface area contributed by atoms with E-state index in [1.54, 1.807) is 17.2 Å². The highest BCUT2D eigenvalue weighted by molar-refractivity contribution is 6.30. The Bertz CT molecular complexity index is 732. The van der Waals surface area contributed by atoms with Gasteiger partial charge in [-0.1, -0.05) is 17.7 Å². The van der Waals surface area contributed by atoms with E-state index >= 15 is 0 Å². The maximum atomic E-state index is 12.4. The molecule has 0 aromatic carbocycles. The molecule has 2 aromatic rings. The lowest BCUT2D eigenvalue weighted by Gasteiger charge is -2.17. The molecule has 1 aliphatic heterocycles. The van der Waals surface area contributed by atoms with E-state index in [0.717, 1.165) is 6.42 Å². The summed E-state index contributed by atoms with van der Waals surface area (Å²) < 4.78 is 5.75. The highest BCUT2D eigenvalue weighted by Gasteiger charge is 2.28. The summed E-state index contributed by atoms with van der Waals surface area (Å²) in [5.41, 5.74) is -0.0425. The molecule has 1 aliphatic rings. The summed E-state index contributed by atoms with van der Waals surface area (Å²) in [6.45, 7) is 1.07. The summed E-state index contributed by atoms with van der Waals surface area (Å²) in [4.78, 5) is 31.8. The van der Waals surface area contributed by atoms with E-state index in [2.05, 4.69) is 9.97 Å². The second-order valence-electron chi connectivity index (χ2n) is 5.01. The van der Waals surface area contributed by atoms with Crippen molar-refractivity contribution < 1.29 is 9.53 Å². The van der Waals surface area contributed by atoms with Gasteiger partial charge in [0.2, 0.25) is 5.88 Å². The van der Waals surface area contributed by atoms with Gasteiger partial charge in [-0.2, -0.15) is 0 Å². The van der Waals surface area contributed by atoms with E-state index in [1.807, 2.05) is 12.1 Å². The average molecular weight is 320 g/mol. The van der Waals surface area contributed by atoms with Crippen LogP contribution < -0.4 is 10.3 Å². The Hall–Kier alpha value is -2.34. The molecule has 3 heterocycles. The number of rotatable bonds is 3. The SMILES string of the molecule is O=C(c1c[nH]c(=O)c(Cl)c1)N1CCC(Oc2ccccn2)C1. The van der Waals surface area contributed by atoms with Gasteiger partial charge in [-0.3, -0.25) is 9.59 Å². The van der Waals surface area contributed by atoms with Gasteiger partial charge >= 0.3 is 0 Å². The first-order valence-electron chi connectivity index (χ1n) is 6.88. The molecule has 1 atom stereocenters. The third-order valence-corrected chi connectivity index (χ3v) is 3.74. The van der Waals surface area contributed by atoms with Crippen LogP contribution in [-0.4, -0.2) is 40.0 Å². The fraction of sp³-hybridized carbons (Fsp3) is 0.267. The van der Waals surface area contributed by atoms with Crippen molar-refractivity contribution >= 4 is 17.5 Å². The van der Waals surface area contributed by atoms with Gasteiger partial charge in [-0.25, -0.2) is 4.98 Å². The zero-order valence-corrected chi connectivity index (χ0v) is 12.4. The summed E-state index contributed by atoms with van der Waals surface area (Å²) in [5.74, 6) is 0.374. The van der Waals surface area contributed by atoms with E-state index in [1.165, 1.54) is 12.3 Å². The Morgan fingerprint density at radius 3 is 3.05 bits per heavy atom. The second kappa shape index (κ2) is 6.19. The van der Waals surface area contributed by atoms with Crippen molar-refractivity contribution in [3.63, 3.8) is 0 Å². The highest BCUT2D eigenvalue weighted by atomic mass is 35.5. The Morgan fingerprint density at radius 2 is 2.32 bits per heavy atom. The van der Waals surface area contributed by atoms with Gasteiger partial charge in [-0.15, -0.1) is 0 Å². The number of hydrogen-bond donors (Lipinski definition) is 1.